The van der Waals surface area contributed by atoms with Crippen LogP contribution < -0.4 is 0 Å². The van der Waals surface area contributed by atoms with E-state index in [-0.39, 0.29) is 10.7 Å². The van der Waals surface area contributed by atoms with Crippen LogP contribution in [0.3, 0.4) is 0 Å². The number of hydrogen-bond donors (Lipinski definition) is 0. The third-order valence-electron chi connectivity index (χ3n) is 2.32. The molecule has 0 spiro atoms. The van der Waals surface area contributed by atoms with Gasteiger partial charge in [0.25, 0.3) is 5.91 Å². The van der Waals surface area contributed by atoms with E-state index in [0.717, 1.165) is 8.95 Å². The molecule has 0 saturated heterocycles. The lowest BCUT2D eigenvalue weighted by molar-refractivity contribution is 0.0783. The normalized spacial score (nSPS) is 12.3. The molecule has 1 aromatic rings. The molecule has 0 aromatic heterocycles. The second-order valence-electron chi connectivity index (χ2n) is 3.86. The Balaban J connectivity index is 2.77. The molecule has 0 radical (unpaired) electrons. The first-order valence-electron chi connectivity index (χ1n) is 5.29. The van der Waals surface area contributed by atoms with Crippen LogP contribution in [0.15, 0.2) is 27.1 Å². The Morgan fingerprint density at radius 1 is 1.44 bits per heavy atom. The molecular weight excluding hydrogens is 430 g/mol. The summed E-state index contributed by atoms with van der Waals surface area (Å²) in [4.78, 5) is 14.1. The van der Waals surface area contributed by atoms with E-state index in [9.17, 15) is 4.79 Å². The Morgan fingerprint density at radius 3 is 2.72 bits per heavy atom. The van der Waals surface area contributed by atoms with Gasteiger partial charge in [0, 0.05) is 29.6 Å². The molecule has 0 aliphatic carbocycles. The number of rotatable bonds is 5. The van der Waals surface area contributed by atoms with Gasteiger partial charge in [-0.25, -0.2) is 0 Å². The van der Waals surface area contributed by atoms with Gasteiger partial charge in [-0.2, -0.15) is 0 Å². The summed E-state index contributed by atoms with van der Waals surface area (Å²) in [5, 5.41) is 0. The van der Waals surface area contributed by atoms with Gasteiger partial charge in [-0.15, -0.1) is 0 Å². The fourth-order valence-corrected chi connectivity index (χ4v) is 2.96. The van der Waals surface area contributed by atoms with E-state index in [0.29, 0.717) is 18.7 Å². The van der Waals surface area contributed by atoms with Crippen LogP contribution in [0.5, 0.6) is 0 Å². The molecule has 0 bridgehead atoms. The van der Waals surface area contributed by atoms with Crippen LogP contribution in [-0.4, -0.2) is 42.9 Å². The van der Waals surface area contributed by atoms with Crippen LogP contribution in [0.25, 0.3) is 0 Å². The average Bonchev–Trinajstić information content (AvgIpc) is 2.31. The van der Waals surface area contributed by atoms with Crippen molar-refractivity contribution in [3.8, 4) is 0 Å². The van der Waals surface area contributed by atoms with E-state index in [2.05, 4.69) is 47.8 Å². The monoisotopic (exact) mass is 441 g/mol. The van der Waals surface area contributed by atoms with Crippen LogP contribution in [0, 0.1) is 0 Å². The number of methoxy groups -OCH3 is 1. The van der Waals surface area contributed by atoms with Crippen molar-refractivity contribution in [1.29, 1.82) is 0 Å². The molecule has 1 aromatic carbocycles. The number of carbonyl (C=O) groups is 1. The molecule has 18 heavy (non-hydrogen) atoms. The van der Waals surface area contributed by atoms with Crippen LogP contribution in [0.4, 0.5) is 0 Å². The highest BCUT2D eigenvalue weighted by atomic mass is 79.9. The fourth-order valence-electron chi connectivity index (χ4n) is 1.48. The summed E-state index contributed by atoms with van der Waals surface area (Å²) in [5.41, 5.74) is 0.643. The molecule has 0 aliphatic rings. The lowest BCUT2D eigenvalue weighted by atomic mass is 10.2. The molecule has 1 rings (SSSR count). The predicted molar refractivity (Wildman–Crippen MR) is 83.4 cm³/mol. The lowest BCUT2D eigenvalue weighted by Gasteiger charge is -2.21. The number of nitrogens with zero attached hydrogens (tertiary/aromatic N) is 1. The summed E-state index contributed by atoms with van der Waals surface area (Å²) in [6.45, 7) is 1.16. The Kier molecular flexibility index (Phi) is 6.84. The zero-order valence-corrected chi connectivity index (χ0v) is 14.9. The van der Waals surface area contributed by atoms with Gasteiger partial charge in [0.1, 0.15) is 0 Å². The van der Waals surface area contributed by atoms with Crippen molar-refractivity contribution in [2.24, 2.45) is 0 Å². The minimum Gasteiger partial charge on any atom is -0.383 e. The number of alkyl halides is 1. The third-order valence-corrected chi connectivity index (χ3v) is 4.06. The minimum atomic E-state index is -0.0243. The SMILES string of the molecule is COCC(Br)CN(C)C(=O)c1cc(Br)ccc1Br. The zero-order valence-electron chi connectivity index (χ0n) is 10.1. The lowest BCUT2D eigenvalue weighted by Crippen LogP contribution is -2.33. The first-order valence-corrected chi connectivity index (χ1v) is 7.79. The number of halogens is 3. The summed E-state index contributed by atoms with van der Waals surface area (Å²) in [6, 6.07) is 5.55. The van der Waals surface area contributed by atoms with E-state index < -0.39 is 0 Å². The van der Waals surface area contributed by atoms with Gasteiger partial charge in [-0.1, -0.05) is 31.9 Å². The maximum atomic E-state index is 12.3. The van der Waals surface area contributed by atoms with Gasteiger partial charge in [0.2, 0.25) is 0 Å². The molecule has 100 valence electrons. The van der Waals surface area contributed by atoms with E-state index in [4.69, 9.17) is 4.74 Å². The summed E-state index contributed by atoms with van der Waals surface area (Å²) >= 11 is 10.2. The first-order chi connectivity index (χ1) is 8.45. The average molecular weight is 444 g/mol. The zero-order chi connectivity index (χ0) is 13.7. The predicted octanol–water partition coefficient (Wildman–Crippen LogP) is 3.69. The molecule has 3 nitrogen and oxygen atoms in total. The number of carbonyl (C=O) groups excluding carboxylic acids is 1. The fraction of sp³-hybridized carbons (Fsp3) is 0.417. The van der Waals surface area contributed by atoms with Crippen molar-refractivity contribution in [2.75, 3.05) is 27.3 Å². The van der Waals surface area contributed by atoms with E-state index in [1.807, 2.05) is 18.2 Å². The van der Waals surface area contributed by atoms with Gasteiger partial charge in [0.05, 0.1) is 17.0 Å². The highest BCUT2D eigenvalue weighted by molar-refractivity contribution is 9.11. The standard InChI is InChI=1S/C12H14Br3NO2/c1-16(6-9(14)7-18-2)12(17)10-5-8(13)3-4-11(10)15/h3-5,9H,6-7H2,1-2H3. The van der Waals surface area contributed by atoms with Crippen LogP contribution in [-0.2, 0) is 4.74 Å². The van der Waals surface area contributed by atoms with Gasteiger partial charge in [0.15, 0.2) is 0 Å². The Bertz CT molecular complexity index is 426. The van der Waals surface area contributed by atoms with Gasteiger partial charge in [-0.05, 0) is 34.1 Å². The maximum absolute atomic E-state index is 12.3. The molecule has 0 N–H and O–H groups in total. The van der Waals surface area contributed by atoms with Crippen molar-refractivity contribution >= 4 is 53.7 Å². The summed E-state index contributed by atoms with van der Waals surface area (Å²) < 4.78 is 6.71. The van der Waals surface area contributed by atoms with Crippen molar-refractivity contribution < 1.29 is 9.53 Å². The third kappa shape index (κ3) is 4.64. The number of hydrogen-bond acceptors (Lipinski definition) is 2. The molecular formula is C12H14Br3NO2. The summed E-state index contributed by atoms with van der Waals surface area (Å²) in [5.74, 6) is -0.0243. The van der Waals surface area contributed by atoms with E-state index in [1.54, 1.807) is 19.1 Å². The Hall–Kier alpha value is 0.0900. The minimum absolute atomic E-state index is 0.0243. The van der Waals surface area contributed by atoms with E-state index in [1.165, 1.54) is 0 Å². The molecule has 0 saturated carbocycles. The van der Waals surface area contributed by atoms with Crippen LogP contribution >= 0.6 is 47.8 Å². The topological polar surface area (TPSA) is 29.5 Å². The van der Waals surface area contributed by atoms with Crippen LogP contribution in [0.1, 0.15) is 10.4 Å². The molecule has 1 unspecified atom stereocenters. The second kappa shape index (κ2) is 7.62. The maximum Gasteiger partial charge on any atom is 0.254 e. The molecule has 0 fully saturated rings. The van der Waals surface area contributed by atoms with Crippen molar-refractivity contribution in [1.82, 2.24) is 4.90 Å². The first kappa shape index (κ1) is 16.1. The van der Waals surface area contributed by atoms with Gasteiger partial charge >= 0.3 is 0 Å². The highest BCUT2D eigenvalue weighted by Gasteiger charge is 2.17. The Morgan fingerprint density at radius 2 is 2.11 bits per heavy atom. The molecule has 1 amide bonds. The Labute approximate surface area is 132 Å². The molecule has 0 heterocycles. The molecule has 6 heteroatoms. The number of benzene rings is 1. The van der Waals surface area contributed by atoms with Crippen molar-refractivity contribution in [3.05, 3.63) is 32.7 Å². The smallest absolute Gasteiger partial charge is 0.254 e. The van der Waals surface area contributed by atoms with Gasteiger partial charge < -0.3 is 9.64 Å². The van der Waals surface area contributed by atoms with E-state index >= 15 is 0 Å². The summed E-state index contributed by atoms with van der Waals surface area (Å²) in [7, 11) is 3.42. The van der Waals surface area contributed by atoms with Crippen molar-refractivity contribution in [2.45, 2.75) is 4.83 Å². The highest BCUT2D eigenvalue weighted by Crippen LogP contribution is 2.23. The summed E-state index contributed by atoms with van der Waals surface area (Å²) in [6.07, 6.45) is 0. The quantitative estimate of drug-likeness (QED) is 0.649. The number of amides is 1. The second-order valence-corrected chi connectivity index (χ2v) is 6.93. The van der Waals surface area contributed by atoms with Gasteiger partial charge in [-0.3, -0.25) is 4.79 Å². The largest absolute Gasteiger partial charge is 0.383 e. The molecule has 1 atom stereocenters. The number of ether oxygens (including phenoxy) is 1. The van der Waals surface area contributed by atoms with Crippen LogP contribution in [0.2, 0.25) is 0 Å². The van der Waals surface area contributed by atoms with Crippen molar-refractivity contribution in [3.63, 3.8) is 0 Å². The molecule has 0 aliphatic heterocycles.